The van der Waals surface area contributed by atoms with Crippen LogP contribution in [0.25, 0.3) is 10.2 Å². The maximum Gasteiger partial charge on any atom is 0.270 e. The molecule has 0 saturated carbocycles. The lowest BCUT2D eigenvalue weighted by molar-refractivity contribution is 0.0987. The first-order valence-corrected chi connectivity index (χ1v) is 11.6. The number of amides is 1. The number of aromatic nitrogens is 1. The SMILES string of the molecule is CCN(CC)CCN(C(=O)c1cccs1)c1nc2c(SC)cccc2s1. The molecule has 26 heavy (non-hydrogen) atoms. The summed E-state index contributed by atoms with van der Waals surface area (Å²) in [5, 5.41) is 2.73. The van der Waals surface area contributed by atoms with Crippen LogP contribution in [-0.2, 0) is 0 Å². The molecule has 0 atom stereocenters. The molecule has 3 aromatic rings. The number of thioether (sulfide) groups is 1. The molecule has 3 rings (SSSR count). The smallest absolute Gasteiger partial charge is 0.270 e. The van der Waals surface area contributed by atoms with Gasteiger partial charge in [0.05, 0.1) is 15.1 Å². The van der Waals surface area contributed by atoms with Gasteiger partial charge in [-0.2, -0.15) is 0 Å². The van der Waals surface area contributed by atoms with E-state index in [0.717, 1.165) is 44.8 Å². The Morgan fingerprint density at radius 3 is 2.62 bits per heavy atom. The molecule has 0 bridgehead atoms. The summed E-state index contributed by atoms with van der Waals surface area (Å²) in [5.74, 6) is 0.0388. The number of para-hydroxylation sites is 1. The first-order chi connectivity index (χ1) is 12.7. The van der Waals surface area contributed by atoms with E-state index >= 15 is 0 Å². The Hall–Kier alpha value is -1.41. The number of thiazole rings is 1. The Bertz CT molecular complexity index is 856. The number of likely N-dealkylation sites (N-methyl/N-ethyl adjacent to an activating group) is 1. The zero-order chi connectivity index (χ0) is 18.5. The van der Waals surface area contributed by atoms with Crippen LogP contribution >= 0.6 is 34.4 Å². The Balaban J connectivity index is 1.95. The van der Waals surface area contributed by atoms with Crippen molar-refractivity contribution in [2.45, 2.75) is 18.7 Å². The van der Waals surface area contributed by atoms with Gasteiger partial charge in [0.1, 0.15) is 0 Å². The van der Waals surface area contributed by atoms with Gasteiger partial charge >= 0.3 is 0 Å². The van der Waals surface area contributed by atoms with E-state index in [1.54, 1.807) is 23.1 Å². The van der Waals surface area contributed by atoms with Crippen LogP contribution in [0.3, 0.4) is 0 Å². The maximum atomic E-state index is 13.1. The quantitative estimate of drug-likeness (QED) is 0.490. The number of hydrogen-bond donors (Lipinski definition) is 0. The Morgan fingerprint density at radius 2 is 1.96 bits per heavy atom. The molecule has 0 spiro atoms. The molecular weight excluding hydrogens is 382 g/mol. The minimum Gasteiger partial charge on any atom is -0.302 e. The topological polar surface area (TPSA) is 36.4 Å². The van der Waals surface area contributed by atoms with E-state index in [-0.39, 0.29) is 5.91 Å². The molecule has 138 valence electrons. The fourth-order valence-corrected chi connectivity index (χ4v) is 5.11. The van der Waals surface area contributed by atoms with Crippen LogP contribution in [0.4, 0.5) is 5.13 Å². The summed E-state index contributed by atoms with van der Waals surface area (Å²) in [4.78, 5) is 24.0. The van der Waals surface area contributed by atoms with Crippen molar-refractivity contribution in [3.05, 3.63) is 40.6 Å². The van der Waals surface area contributed by atoms with Gasteiger partial charge in [-0.05, 0) is 42.9 Å². The molecule has 1 aromatic carbocycles. The minimum absolute atomic E-state index is 0.0388. The largest absolute Gasteiger partial charge is 0.302 e. The number of fused-ring (bicyclic) bond motifs is 1. The molecule has 0 aliphatic carbocycles. The standard InChI is InChI=1S/C19H23N3OS3/c1-4-21(5-2)11-12-22(18(23)16-10-7-13-25-16)19-20-17-14(24-3)8-6-9-15(17)26-19/h6-10,13H,4-5,11-12H2,1-3H3. The van der Waals surface area contributed by atoms with Gasteiger partial charge in [-0.15, -0.1) is 23.1 Å². The highest BCUT2D eigenvalue weighted by Gasteiger charge is 2.23. The second-order valence-corrected chi connectivity index (χ2v) is 8.57. The molecule has 0 unspecified atom stereocenters. The summed E-state index contributed by atoms with van der Waals surface area (Å²) in [5.41, 5.74) is 0.992. The second kappa shape index (κ2) is 8.99. The normalized spacial score (nSPS) is 11.4. The van der Waals surface area contributed by atoms with Crippen LogP contribution in [0.5, 0.6) is 0 Å². The molecule has 4 nitrogen and oxygen atoms in total. The molecule has 0 saturated heterocycles. The van der Waals surface area contributed by atoms with Gasteiger partial charge in [0.15, 0.2) is 5.13 Å². The van der Waals surface area contributed by atoms with Crippen molar-refractivity contribution in [1.29, 1.82) is 0 Å². The molecular formula is C19H23N3OS3. The highest BCUT2D eigenvalue weighted by molar-refractivity contribution is 7.98. The van der Waals surface area contributed by atoms with E-state index in [2.05, 4.69) is 43.2 Å². The van der Waals surface area contributed by atoms with E-state index in [4.69, 9.17) is 4.98 Å². The van der Waals surface area contributed by atoms with Gasteiger partial charge in [-0.25, -0.2) is 4.98 Å². The Morgan fingerprint density at radius 1 is 1.15 bits per heavy atom. The average molecular weight is 406 g/mol. The van der Waals surface area contributed by atoms with Crippen LogP contribution in [0.2, 0.25) is 0 Å². The van der Waals surface area contributed by atoms with E-state index in [9.17, 15) is 4.79 Å². The van der Waals surface area contributed by atoms with Crippen LogP contribution < -0.4 is 4.90 Å². The first kappa shape index (κ1) is 19.4. The second-order valence-electron chi connectivity index (χ2n) is 5.76. The number of thiophene rings is 1. The summed E-state index contributed by atoms with van der Waals surface area (Å²) in [6.45, 7) is 7.75. The van der Waals surface area contributed by atoms with Gasteiger partial charge in [0, 0.05) is 18.0 Å². The number of benzene rings is 1. The average Bonchev–Trinajstić information content (AvgIpc) is 3.34. The number of anilines is 1. The summed E-state index contributed by atoms with van der Waals surface area (Å²) < 4.78 is 1.12. The lowest BCUT2D eigenvalue weighted by atomic mass is 10.3. The molecule has 2 aromatic heterocycles. The van der Waals surface area contributed by atoms with E-state index in [1.165, 1.54) is 11.3 Å². The molecule has 0 aliphatic rings. The van der Waals surface area contributed by atoms with Crippen molar-refractivity contribution in [1.82, 2.24) is 9.88 Å². The Kier molecular flexibility index (Phi) is 6.69. The molecule has 0 fully saturated rings. The summed E-state index contributed by atoms with van der Waals surface area (Å²) in [7, 11) is 0. The van der Waals surface area contributed by atoms with Gasteiger partial charge in [-0.3, -0.25) is 9.69 Å². The lowest BCUT2D eigenvalue weighted by Crippen LogP contribution is -2.38. The van der Waals surface area contributed by atoms with Crippen LogP contribution in [0.1, 0.15) is 23.5 Å². The van der Waals surface area contributed by atoms with Crippen molar-refractivity contribution in [3.63, 3.8) is 0 Å². The highest BCUT2D eigenvalue weighted by Crippen LogP contribution is 2.34. The van der Waals surface area contributed by atoms with Crippen LogP contribution in [0, 0.1) is 0 Å². The van der Waals surface area contributed by atoms with Crippen molar-refractivity contribution in [2.75, 3.05) is 37.3 Å². The monoisotopic (exact) mass is 405 g/mol. The lowest BCUT2D eigenvalue weighted by Gasteiger charge is -2.24. The summed E-state index contributed by atoms with van der Waals surface area (Å²) in [6.07, 6.45) is 2.06. The summed E-state index contributed by atoms with van der Waals surface area (Å²) in [6, 6.07) is 10.0. The van der Waals surface area contributed by atoms with Crippen LogP contribution in [0.15, 0.2) is 40.6 Å². The molecule has 0 N–H and O–H groups in total. The fraction of sp³-hybridized carbons (Fsp3) is 0.368. The predicted molar refractivity (Wildman–Crippen MR) is 115 cm³/mol. The third kappa shape index (κ3) is 4.11. The van der Waals surface area contributed by atoms with Gasteiger partial charge in [-0.1, -0.05) is 37.3 Å². The van der Waals surface area contributed by atoms with Gasteiger partial charge in [0.25, 0.3) is 5.91 Å². The molecule has 0 aliphatic heterocycles. The maximum absolute atomic E-state index is 13.1. The molecule has 2 heterocycles. The molecule has 7 heteroatoms. The first-order valence-electron chi connectivity index (χ1n) is 8.69. The van der Waals surface area contributed by atoms with E-state index < -0.39 is 0 Å². The number of hydrogen-bond acceptors (Lipinski definition) is 6. The zero-order valence-electron chi connectivity index (χ0n) is 15.3. The predicted octanol–water partition coefficient (Wildman–Crippen LogP) is 5.07. The van der Waals surface area contributed by atoms with E-state index in [0.29, 0.717) is 6.54 Å². The zero-order valence-corrected chi connectivity index (χ0v) is 17.7. The number of nitrogens with zero attached hydrogens (tertiary/aromatic N) is 3. The number of rotatable bonds is 8. The third-order valence-electron chi connectivity index (χ3n) is 4.33. The Labute approximate surface area is 166 Å². The van der Waals surface area contributed by atoms with E-state index in [1.807, 2.05) is 22.4 Å². The van der Waals surface area contributed by atoms with Crippen molar-refractivity contribution in [3.8, 4) is 0 Å². The summed E-state index contributed by atoms with van der Waals surface area (Å²) >= 11 is 4.77. The number of carbonyl (C=O) groups is 1. The molecule has 1 amide bonds. The van der Waals surface area contributed by atoms with Crippen molar-refractivity contribution >= 4 is 55.7 Å². The highest BCUT2D eigenvalue weighted by atomic mass is 32.2. The van der Waals surface area contributed by atoms with Gasteiger partial charge < -0.3 is 4.90 Å². The third-order valence-corrected chi connectivity index (χ3v) is 7.00. The van der Waals surface area contributed by atoms with Crippen LogP contribution in [-0.4, -0.2) is 48.2 Å². The molecule has 0 radical (unpaired) electrons. The number of carbonyl (C=O) groups excluding carboxylic acids is 1. The fourth-order valence-electron chi connectivity index (χ4n) is 2.79. The van der Waals surface area contributed by atoms with Gasteiger partial charge in [0.2, 0.25) is 0 Å². The van der Waals surface area contributed by atoms with Crippen molar-refractivity contribution < 1.29 is 4.79 Å². The van der Waals surface area contributed by atoms with Crippen molar-refractivity contribution in [2.24, 2.45) is 0 Å². The minimum atomic E-state index is 0.0388.